The zero-order chi connectivity index (χ0) is 22.4. The van der Waals surface area contributed by atoms with E-state index < -0.39 is 0 Å². The molecule has 1 atom stereocenters. The maximum Gasteiger partial charge on any atom is 0.226 e. The van der Waals surface area contributed by atoms with Gasteiger partial charge in [-0.1, -0.05) is 25.1 Å². The van der Waals surface area contributed by atoms with Crippen LogP contribution in [0.5, 0.6) is 0 Å². The van der Waals surface area contributed by atoms with Gasteiger partial charge < -0.3 is 9.88 Å². The van der Waals surface area contributed by atoms with E-state index >= 15 is 0 Å². The van der Waals surface area contributed by atoms with Gasteiger partial charge in [0, 0.05) is 50.4 Å². The molecule has 0 bridgehead atoms. The van der Waals surface area contributed by atoms with E-state index in [0.717, 1.165) is 34.5 Å². The van der Waals surface area contributed by atoms with Crippen molar-refractivity contribution in [2.75, 3.05) is 4.90 Å². The smallest absolute Gasteiger partial charge is 0.226 e. The fraction of sp³-hybridized carbons (Fsp3) is 0.154. The highest BCUT2D eigenvalue weighted by Crippen LogP contribution is 2.41. The van der Waals surface area contributed by atoms with E-state index in [-0.39, 0.29) is 11.5 Å². The van der Waals surface area contributed by atoms with Crippen LogP contribution in [0.4, 0.5) is 5.95 Å². The molecule has 1 aromatic carbocycles. The highest BCUT2D eigenvalue weighted by molar-refractivity contribution is 7.12. The van der Waals surface area contributed by atoms with Crippen molar-refractivity contribution in [2.45, 2.75) is 25.9 Å². The van der Waals surface area contributed by atoms with Crippen LogP contribution in [0.2, 0.25) is 0 Å². The van der Waals surface area contributed by atoms with Crippen molar-refractivity contribution in [3.8, 4) is 11.3 Å². The number of hydrogen-bond donors (Lipinski definition) is 1. The summed E-state index contributed by atoms with van der Waals surface area (Å²) in [6, 6.07) is 17.7. The Morgan fingerprint density at radius 3 is 2.61 bits per heavy atom. The van der Waals surface area contributed by atoms with Crippen molar-refractivity contribution in [3.05, 3.63) is 104 Å². The van der Waals surface area contributed by atoms with Crippen LogP contribution in [0.1, 0.15) is 34.0 Å². The molecule has 1 aliphatic rings. The average Bonchev–Trinajstić information content (AvgIpc) is 3.49. The molecular formula is C26H21N5OS. The second kappa shape index (κ2) is 7.94. The number of benzene rings is 1. The molecule has 1 N–H and O–H groups in total. The Morgan fingerprint density at radius 2 is 1.85 bits per heavy atom. The minimum Gasteiger partial charge on any atom is -0.356 e. The second-order valence-electron chi connectivity index (χ2n) is 8.07. The molecule has 7 heteroatoms. The van der Waals surface area contributed by atoms with Crippen molar-refractivity contribution in [2.24, 2.45) is 0 Å². The molecule has 4 aromatic heterocycles. The maximum absolute atomic E-state index is 13.4. The van der Waals surface area contributed by atoms with Crippen molar-refractivity contribution < 1.29 is 0 Å². The van der Waals surface area contributed by atoms with Gasteiger partial charge in [0.2, 0.25) is 5.95 Å². The van der Waals surface area contributed by atoms with E-state index in [1.54, 1.807) is 29.9 Å². The minimum atomic E-state index is -0.136. The Morgan fingerprint density at radius 1 is 1.03 bits per heavy atom. The first kappa shape index (κ1) is 19.8. The normalized spacial score (nSPS) is 15.2. The number of H-pyrrole nitrogens is 1. The lowest BCUT2D eigenvalue weighted by atomic mass is 10.1. The van der Waals surface area contributed by atoms with Crippen molar-refractivity contribution in [3.63, 3.8) is 0 Å². The third-order valence-electron chi connectivity index (χ3n) is 6.11. The van der Waals surface area contributed by atoms with E-state index in [9.17, 15) is 4.79 Å². The Hall–Kier alpha value is -3.84. The molecule has 0 radical (unpaired) electrons. The first-order valence-corrected chi connectivity index (χ1v) is 11.8. The number of hydrogen-bond acceptors (Lipinski definition) is 6. The number of aryl methyl sites for hydroxylation is 1. The van der Waals surface area contributed by atoms with Gasteiger partial charge >= 0.3 is 0 Å². The molecule has 33 heavy (non-hydrogen) atoms. The van der Waals surface area contributed by atoms with Gasteiger partial charge in [0.1, 0.15) is 6.04 Å². The zero-order valence-electron chi connectivity index (χ0n) is 18.0. The summed E-state index contributed by atoms with van der Waals surface area (Å²) in [5, 5.41) is 0.712. The van der Waals surface area contributed by atoms with Crippen LogP contribution < -0.4 is 10.3 Å². The summed E-state index contributed by atoms with van der Waals surface area (Å²) in [6.07, 6.45) is 6.34. The van der Waals surface area contributed by atoms with E-state index in [1.165, 1.54) is 9.75 Å². The molecule has 1 unspecified atom stereocenters. The van der Waals surface area contributed by atoms with E-state index in [4.69, 9.17) is 0 Å². The van der Waals surface area contributed by atoms with Gasteiger partial charge in [0.15, 0.2) is 5.43 Å². The van der Waals surface area contributed by atoms with E-state index in [1.807, 2.05) is 42.5 Å². The molecule has 0 aliphatic carbocycles. The highest BCUT2D eigenvalue weighted by Gasteiger charge is 2.37. The lowest BCUT2D eigenvalue weighted by Gasteiger charge is -2.24. The summed E-state index contributed by atoms with van der Waals surface area (Å²) >= 11 is 1.77. The Bertz CT molecular complexity index is 1510. The van der Waals surface area contributed by atoms with Gasteiger partial charge in [-0.15, -0.1) is 11.3 Å². The molecular weight excluding hydrogens is 430 g/mol. The van der Waals surface area contributed by atoms with Crippen molar-refractivity contribution >= 4 is 28.2 Å². The lowest BCUT2D eigenvalue weighted by Crippen LogP contribution is -2.24. The molecule has 162 valence electrons. The first-order chi connectivity index (χ1) is 16.2. The number of pyridine rings is 2. The van der Waals surface area contributed by atoms with Crippen LogP contribution in [0.15, 0.2) is 78.0 Å². The molecule has 0 spiro atoms. The summed E-state index contributed by atoms with van der Waals surface area (Å²) in [5.74, 6) is 0.596. The van der Waals surface area contributed by atoms with Crippen LogP contribution in [0.25, 0.3) is 22.2 Å². The van der Waals surface area contributed by atoms with Crippen LogP contribution in [0, 0.1) is 0 Å². The standard InChI is InChI=1S/C26H21N5OS/c1-2-17-10-11-22(33-17)24-23-19(25(32)18-7-3-4-9-21(18)30-23)15-31(24)26-28-13-16(14-29-26)20-8-5-6-12-27-20/h3-14,24H,2,15H2,1H3,(H,30,32). The maximum atomic E-state index is 13.4. The Labute approximate surface area is 194 Å². The summed E-state index contributed by atoms with van der Waals surface area (Å²) in [5.41, 5.74) is 4.33. The molecule has 0 saturated carbocycles. The molecule has 5 heterocycles. The molecule has 6 nitrogen and oxygen atoms in total. The lowest BCUT2D eigenvalue weighted by molar-refractivity contribution is 0.739. The van der Waals surface area contributed by atoms with Crippen molar-refractivity contribution in [1.29, 1.82) is 0 Å². The van der Waals surface area contributed by atoms with Gasteiger partial charge in [-0.05, 0) is 42.8 Å². The predicted molar refractivity (Wildman–Crippen MR) is 132 cm³/mol. The largest absolute Gasteiger partial charge is 0.356 e. The third kappa shape index (κ3) is 3.32. The van der Waals surface area contributed by atoms with E-state index in [0.29, 0.717) is 17.9 Å². The van der Waals surface area contributed by atoms with Gasteiger partial charge in [-0.2, -0.15) is 0 Å². The first-order valence-electron chi connectivity index (χ1n) is 11.0. The summed E-state index contributed by atoms with van der Waals surface area (Å²) in [4.78, 5) is 35.3. The van der Waals surface area contributed by atoms with Crippen molar-refractivity contribution in [1.82, 2.24) is 19.9 Å². The van der Waals surface area contributed by atoms with Gasteiger partial charge in [-0.3, -0.25) is 9.78 Å². The van der Waals surface area contributed by atoms with Crippen LogP contribution in [-0.4, -0.2) is 19.9 Å². The second-order valence-corrected chi connectivity index (χ2v) is 9.27. The molecule has 5 aromatic rings. The molecule has 6 rings (SSSR count). The number of nitrogens with one attached hydrogen (secondary N) is 1. The molecule has 0 fully saturated rings. The number of aromatic amines is 1. The van der Waals surface area contributed by atoms with Gasteiger partial charge in [0.25, 0.3) is 0 Å². The summed E-state index contributed by atoms with van der Waals surface area (Å²) in [6.45, 7) is 2.62. The number of thiophene rings is 1. The Kier molecular flexibility index (Phi) is 4.77. The van der Waals surface area contributed by atoms with Gasteiger partial charge in [0.05, 0.1) is 17.9 Å². The number of nitrogens with zero attached hydrogens (tertiary/aromatic N) is 4. The zero-order valence-corrected chi connectivity index (χ0v) is 18.8. The number of para-hydroxylation sites is 1. The fourth-order valence-electron chi connectivity index (χ4n) is 4.45. The SMILES string of the molecule is CCc1ccc(C2c3[nH]c4ccccc4c(=O)c3CN2c2ncc(-c3ccccn3)cn2)s1. The highest BCUT2D eigenvalue weighted by atomic mass is 32.1. The summed E-state index contributed by atoms with van der Waals surface area (Å²) in [7, 11) is 0. The quantitative estimate of drug-likeness (QED) is 0.411. The van der Waals surface area contributed by atoms with Crippen LogP contribution in [0.3, 0.4) is 0 Å². The van der Waals surface area contributed by atoms with Gasteiger partial charge in [-0.25, -0.2) is 9.97 Å². The molecule has 0 amide bonds. The predicted octanol–water partition coefficient (Wildman–Crippen LogP) is 5.11. The third-order valence-corrected chi connectivity index (χ3v) is 7.39. The Balaban J connectivity index is 1.48. The molecule has 0 saturated heterocycles. The number of anilines is 1. The topological polar surface area (TPSA) is 74.8 Å². The average molecular weight is 452 g/mol. The van der Waals surface area contributed by atoms with Crippen LogP contribution >= 0.6 is 11.3 Å². The van der Waals surface area contributed by atoms with Crippen LogP contribution in [-0.2, 0) is 13.0 Å². The fourth-order valence-corrected chi connectivity index (χ4v) is 5.53. The molecule has 1 aliphatic heterocycles. The number of fused-ring (bicyclic) bond motifs is 2. The monoisotopic (exact) mass is 451 g/mol. The summed E-state index contributed by atoms with van der Waals surface area (Å²) < 4.78 is 0. The van der Waals surface area contributed by atoms with E-state index in [2.05, 4.69) is 43.9 Å². The minimum absolute atomic E-state index is 0.0734. The number of aromatic nitrogens is 4. The number of rotatable bonds is 4.